The number of carbonyl (C=O) groups excluding carboxylic acids is 1. The summed E-state index contributed by atoms with van der Waals surface area (Å²) in [4.78, 5) is 20.5. The van der Waals surface area contributed by atoms with Crippen LogP contribution in [0.1, 0.15) is 56.6 Å². The number of hydrogen-bond acceptors (Lipinski definition) is 3. The van der Waals surface area contributed by atoms with Gasteiger partial charge >= 0.3 is 0 Å². The number of fused-ring (bicyclic) bond motifs is 1. The summed E-state index contributed by atoms with van der Waals surface area (Å²) in [6.07, 6.45) is 8.76. The number of nitrogens with zero attached hydrogens (tertiary/aromatic N) is 3. The summed E-state index contributed by atoms with van der Waals surface area (Å²) in [5.41, 5.74) is 1.38. The standard InChI is InChI=1S/C23H35N3O/c1-24(16-17-25-13-7-2-3-8-14-25)23(27)20-18-22(19-10-5-4-6-11-19)26-15-9-12-21(20)26/h4-6,10-11,20-22H,2-3,7-9,12-18H2,1H3/t20-,21+,22-/m1/s1. The van der Waals surface area contributed by atoms with Crippen molar-refractivity contribution in [1.29, 1.82) is 0 Å². The number of amides is 1. The smallest absolute Gasteiger partial charge is 0.227 e. The second kappa shape index (κ2) is 8.74. The van der Waals surface area contributed by atoms with Crippen molar-refractivity contribution in [3.8, 4) is 0 Å². The highest BCUT2D eigenvalue weighted by atomic mass is 16.2. The van der Waals surface area contributed by atoms with Gasteiger partial charge in [-0.15, -0.1) is 0 Å². The van der Waals surface area contributed by atoms with Crippen molar-refractivity contribution in [3.63, 3.8) is 0 Å². The van der Waals surface area contributed by atoms with Crippen LogP contribution in [0.3, 0.4) is 0 Å². The summed E-state index contributed by atoms with van der Waals surface area (Å²) in [5, 5.41) is 0. The lowest BCUT2D eigenvalue weighted by molar-refractivity contribution is -0.135. The minimum Gasteiger partial charge on any atom is -0.344 e. The van der Waals surface area contributed by atoms with E-state index in [4.69, 9.17) is 0 Å². The number of likely N-dealkylation sites (N-methyl/N-ethyl adjacent to an activating group) is 1. The zero-order valence-electron chi connectivity index (χ0n) is 16.9. The molecule has 3 heterocycles. The molecular formula is C23H35N3O. The predicted octanol–water partition coefficient (Wildman–Crippen LogP) is 3.55. The lowest BCUT2D eigenvalue weighted by atomic mass is 9.93. The van der Waals surface area contributed by atoms with Gasteiger partial charge in [-0.1, -0.05) is 43.2 Å². The van der Waals surface area contributed by atoms with Gasteiger partial charge in [0.25, 0.3) is 0 Å². The Kier molecular flexibility index (Phi) is 6.14. The van der Waals surface area contributed by atoms with Gasteiger partial charge in [-0.05, 0) is 57.3 Å². The van der Waals surface area contributed by atoms with E-state index in [1.54, 1.807) is 0 Å². The Hall–Kier alpha value is -1.39. The zero-order valence-corrected chi connectivity index (χ0v) is 16.9. The molecule has 3 aliphatic rings. The third-order valence-corrected chi connectivity index (χ3v) is 7.01. The van der Waals surface area contributed by atoms with Crippen LogP contribution < -0.4 is 0 Å². The Bertz CT molecular complexity index is 611. The molecule has 27 heavy (non-hydrogen) atoms. The van der Waals surface area contributed by atoms with Gasteiger partial charge in [0.05, 0.1) is 5.92 Å². The molecule has 148 valence electrons. The van der Waals surface area contributed by atoms with Gasteiger partial charge in [0.1, 0.15) is 0 Å². The number of carbonyl (C=O) groups is 1. The van der Waals surface area contributed by atoms with E-state index >= 15 is 0 Å². The molecule has 0 spiro atoms. The van der Waals surface area contributed by atoms with Crippen LogP contribution in [0.25, 0.3) is 0 Å². The van der Waals surface area contributed by atoms with Crippen LogP contribution in [-0.2, 0) is 4.79 Å². The molecule has 0 aliphatic carbocycles. The maximum absolute atomic E-state index is 13.3. The van der Waals surface area contributed by atoms with E-state index in [1.165, 1.54) is 57.2 Å². The molecule has 3 saturated heterocycles. The number of hydrogen-bond donors (Lipinski definition) is 0. The maximum atomic E-state index is 13.3. The van der Waals surface area contributed by atoms with Crippen LogP contribution in [0, 0.1) is 5.92 Å². The van der Waals surface area contributed by atoms with Gasteiger partial charge in [-0.3, -0.25) is 9.69 Å². The number of benzene rings is 1. The molecule has 0 saturated carbocycles. The average molecular weight is 370 g/mol. The molecule has 4 nitrogen and oxygen atoms in total. The van der Waals surface area contributed by atoms with Crippen molar-refractivity contribution < 1.29 is 4.79 Å². The SMILES string of the molecule is CN(CCN1CCCCCC1)C(=O)[C@@H]1C[C@H](c2ccccc2)N2CCC[C@@H]12. The van der Waals surface area contributed by atoms with Gasteiger partial charge in [0.15, 0.2) is 0 Å². The predicted molar refractivity (Wildman–Crippen MR) is 110 cm³/mol. The largest absolute Gasteiger partial charge is 0.344 e. The van der Waals surface area contributed by atoms with Crippen molar-refractivity contribution in [3.05, 3.63) is 35.9 Å². The van der Waals surface area contributed by atoms with E-state index in [-0.39, 0.29) is 5.92 Å². The Morgan fingerprint density at radius 2 is 1.78 bits per heavy atom. The highest BCUT2D eigenvalue weighted by Gasteiger charge is 2.47. The molecule has 0 N–H and O–H groups in total. The van der Waals surface area contributed by atoms with E-state index < -0.39 is 0 Å². The van der Waals surface area contributed by atoms with Crippen LogP contribution in [0.2, 0.25) is 0 Å². The lowest BCUT2D eigenvalue weighted by Crippen LogP contribution is -2.42. The molecule has 0 aromatic heterocycles. The molecule has 4 heteroatoms. The van der Waals surface area contributed by atoms with E-state index in [1.807, 2.05) is 11.9 Å². The molecule has 3 atom stereocenters. The molecule has 0 bridgehead atoms. The van der Waals surface area contributed by atoms with Crippen molar-refractivity contribution in [2.75, 3.05) is 39.8 Å². The Balaban J connectivity index is 1.37. The normalized spacial score (nSPS) is 29.4. The topological polar surface area (TPSA) is 26.8 Å². The second-order valence-electron chi connectivity index (χ2n) is 8.73. The first kappa shape index (κ1) is 18.9. The summed E-state index contributed by atoms with van der Waals surface area (Å²) in [6.45, 7) is 5.46. The average Bonchev–Trinajstić information content (AvgIpc) is 3.21. The Morgan fingerprint density at radius 1 is 1.04 bits per heavy atom. The Morgan fingerprint density at radius 3 is 2.52 bits per heavy atom. The molecule has 0 unspecified atom stereocenters. The van der Waals surface area contributed by atoms with Crippen molar-refractivity contribution in [2.45, 2.75) is 57.0 Å². The molecule has 1 amide bonds. The minimum absolute atomic E-state index is 0.173. The fourth-order valence-corrected chi connectivity index (χ4v) is 5.48. The molecule has 4 rings (SSSR count). The number of rotatable bonds is 5. The van der Waals surface area contributed by atoms with E-state index in [9.17, 15) is 4.79 Å². The fourth-order valence-electron chi connectivity index (χ4n) is 5.48. The summed E-state index contributed by atoms with van der Waals surface area (Å²) in [5.74, 6) is 0.548. The zero-order chi connectivity index (χ0) is 18.6. The van der Waals surface area contributed by atoms with Crippen LogP contribution in [0.4, 0.5) is 0 Å². The van der Waals surface area contributed by atoms with Crippen LogP contribution in [0.5, 0.6) is 0 Å². The minimum atomic E-state index is 0.173. The van der Waals surface area contributed by atoms with Crippen LogP contribution in [0.15, 0.2) is 30.3 Å². The van der Waals surface area contributed by atoms with Crippen LogP contribution in [-0.4, -0.2) is 66.4 Å². The quantitative estimate of drug-likeness (QED) is 0.794. The van der Waals surface area contributed by atoms with Crippen molar-refractivity contribution in [2.24, 2.45) is 5.92 Å². The van der Waals surface area contributed by atoms with E-state index in [0.29, 0.717) is 18.0 Å². The molecular weight excluding hydrogens is 334 g/mol. The monoisotopic (exact) mass is 369 g/mol. The third-order valence-electron chi connectivity index (χ3n) is 7.01. The van der Waals surface area contributed by atoms with Crippen molar-refractivity contribution in [1.82, 2.24) is 14.7 Å². The van der Waals surface area contributed by atoms with E-state index in [0.717, 1.165) is 26.1 Å². The van der Waals surface area contributed by atoms with Gasteiger partial charge in [0, 0.05) is 32.2 Å². The lowest BCUT2D eigenvalue weighted by Gasteiger charge is -2.28. The molecule has 1 aromatic rings. The number of likely N-dealkylation sites (tertiary alicyclic amines) is 1. The summed E-state index contributed by atoms with van der Waals surface area (Å²) in [7, 11) is 2.02. The highest BCUT2D eigenvalue weighted by Crippen LogP contribution is 2.45. The summed E-state index contributed by atoms with van der Waals surface area (Å²) < 4.78 is 0. The summed E-state index contributed by atoms with van der Waals surface area (Å²) in [6, 6.07) is 11.7. The Labute approximate surface area is 164 Å². The van der Waals surface area contributed by atoms with Crippen molar-refractivity contribution >= 4 is 5.91 Å². The first-order valence-electron chi connectivity index (χ1n) is 11.0. The molecule has 3 aliphatic heterocycles. The van der Waals surface area contributed by atoms with Gasteiger partial charge < -0.3 is 9.80 Å². The first-order chi connectivity index (χ1) is 13.2. The van der Waals surface area contributed by atoms with Crippen LogP contribution >= 0.6 is 0 Å². The summed E-state index contributed by atoms with van der Waals surface area (Å²) >= 11 is 0. The van der Waals surface area contributed by atoms with E-state index in [2.05, 4.69) is 40.1 Å². The first-order valence-corrected chi connectivity index (χ1v) is 11.0. The van der Waals surface area contributed by atoms with Gasteiger partial charge in [0.2, 0.25) is 5.91 Å². The highest BCUT2D eigenvalue weighted by molar-refractivity contribution is 5.80. The van der Waals surface area contributed by atoms with Gasteiger partial charge in [-0.25, -0.2) is 0 Å². The second-order valence-corrected chi connectivity index (χ2v) is 8.73. The molecule has 3 fully saturated rings. The fraction of sp³-hybridized carbons (Fsp3) is 0.696. The maximum Gasteiger partial charge on any atom is 0.227 e. The molecule has 0 radical (unpaired) electrons. The van der Waals surface area contributed by atoms with Gasteiger partial charge in [-0.2, -0.15) is 0 Å². The third kappa shape index (κ3) is 4.22. The molecule has 1 aromatic carbocycles.